The van der Waals surface area contributed by atoms with Crippen molar-refractivity contribution in [3.8, 4) is 11.5 Å². The van der Waals surface area contributed by atoms with E-state index in [-0.39, 0.29) is 27.9 Å². The molecule has 0 fully saturated rings. The first-order valence-corrected chi connectivity index (χ1v) is 16.3. The maximum absolute atomic E-state index is 14.0. The van der Waals surface area contributed by atoms with Gasteiger partial charge < -0.3 is 8.92 Å². The van der Waals surface area contributed by atoms with Gasteiger partial charge in [0, 0.05) is 6.07 Å². The van der Waals surface area contributed by atoms with Crippen LogP contribution in [0.15, 0.2) is 94.7 Å². The molecule has 0 bridgehead atoms. The second-order valence-electron chi connectivity index (χ2n) is 10.2. The Hall–Kier alpha value is -3.73. The highest BCUT2D eigenvalue weighted by atomic mass is 32.2. The molecule has 7 nitrogen and oxygen atoms in total. The molecule has 0 aromatic heterocycles. The average Bonchev–Trinajstić information content (AvgIpc) is 2.92. The maximum Gasteiger partial charge on any atom is 0.339 e. The minimum Gasteiger partial charge on any atom is -0.485 e. The molecule has 0 aliphatic rings. The monoisotopic (exact) mass is 612 g/mol. The summed E-state index contributed by atoms with van der Waals surface area (Å²) in [4.78, 5) is -0.0796. The van der Waals surface area contributed by atoms with E-state index in [0.717, 1.165) is 28.8 Å². The van der Waals surface area contributed by atoms with E-state index in [4.69, 9.17) is 8.92 Å². The van der Waals surface area contributed by atoms with Crippen LogP contribution in [0.1, 0.15) is 47.1 Å². The molecule has 1 N–H and O–H groups in total. The number of ether oxygens (including phenoxy) is 1. The van der Waals surface area contributed by atoms with Crippen molar-refractivity contribution in [2.45, 2.75) is 62.3 Å². The first kappa shape index (κ1) is 31.2. The molecule has 0 aliphatic heterocycles. The number of benzene rings is 4. The standard InChI is InChI=1S/C32H33FO7S2/c1-23-13-17-31(41(34,35)36)26(19-23)11-7-4-8-12-27-20-24(2)14-18-32(27)42(37,38)40-29-16-15-28(33)21-30(29)39-22-25-9-5-3-6-10-25/h3,5-6,9-10,13-21H,4,7-8,11-12,22H2,1-2H3,(H,34,35,36). The van der Waals surface area contributed by atoms with E-state index in [2.05, 4.69) is 0 Å². The van der Waals surface area contributed by atoms with Gasteiger partial charge in [0.15, 0.2) is 11.5 Å². The second kappa shape index (κ2) is 13.5. The van der Waals surface area contributed by atoms with Gasteiger partial charge in [-0.2, -0.15) is 16.8 Å². The molecule has 0 radical (unpaired) electrons. The van der Waals surface area contributed by atoms with Crippen molar-refractivity contribution in [2.75, 3.05) is 0 Å². The quantitative estimate of drug-likeness (QED) is 0.0985. The van der Waals surface area contributed by atoms with Crippen LogP contribution in [0.3, 0.4) is 0 Å². The van der Waals surface area contributed by atoms with Crippen LogP contribution in [0.4, 0.5) is 4.39 Å². The molecule has 222 valence electrons. The van der Waals surface area contributed by atoms with E-state index in [1.54, 1.807) is 24.3 Å². The van der Waals surface area contributed by atoms with Gasteiger partial charge in [-0.1, -0.05) is 72.1 Å². The average molecular weight is 613 g/mol. The Morgan fingerprint density at radius 1 is 0.690 bits per heavy atom. The molecular formula is C32H33FO7S2. The van der Waals surface area contributed by atoms with Gasteiger partial charge in [0.1, 0.15) is 17.3 Å². The molecule has 0 saturated carbocycles. The number of rotatable bonds is 13. The van der Waals surface area contributed by atoms with Crippen LogP contribution in [0.2, 0.25) is 0 Å². The minimum atomic E-state index is -4.32. The lowest BCUT2D eigenvalue weighted by Crippen LogP contribution is -2.13. The lowest BCUT2D eigenvalue weighted by molar-refractivity contribution is 0.294. The Bertz CT molecular complexity index is 1750. The molecule has 0 unspecified atom stereocenters. The Balaban J connectivity index is 1.45. The number of halogens is 1. The third-order valence-electron chi connectivity index (χ3n) is 6.71. The van der Waals surface area contributed by atoms with Crippen LogP contribution < -0.4 is 8.92 Å². The highest BCUT2D eigenvalue weighted by Crippen LogP contribution is 2.33. The van der Waals surface area contributed by atoms with E-state index in [1.807, 2.05) is 44.2 Å². The van der Waals surface area contributed by atoms with Crippen LogP contribution in [0.5, 0.6) is 11.5 Å². The molecule has 0 amide bonds. The van der Waals surface area contributed by atoms with Gasteiger partial charge in [-0.3, -0.25) is 4.55 Å². The molecule has 0 heterocycles. The summed E-state index contributed by atoms with van der Waals surface area (Å²) in [6.07, 6.45) is 2.88. The molecule has 4 aromatic carbocycles. The summed E-state index contributed by atoms with van der Waals surface area (Å²) in [6.45, 7) is 3.82. The van der Waals surface area contributed by atoms with E-state index < -0.39 is 26.1 Å². The van der Waals surface area contributed by atoms with Crippen LogP contribution in [0.25, 0.3) is 0 Å². The third kappa shape index (κ3) is 8.40. The van der Waals surface area contributed by atoms with Gasteiger partial charge in [-0.05, 0) is 80.5 Å². The molecule has 4 aromatic rings. The molecule has 0 spiro atoms. The molecular weight excluding hydrogens is 579 g/mol. The molecule has 42 heavy (non-hydrogen) atoms. The van der Waals surface area contributed by atoms with Crippen LogP contribution in [-0.2, 0) is 39.7 Å². The highest BCUT2D eigenvalue weighted by Gasteiger charge is 2.23. The van der Waals surface area contributed by atoms with E-state index in [9.17, 15) is 25.8 Å². The van der Waals surface area contributed by atoms with Crippen molar-refractivity contribution in [1.29, 1.82) is 0 Å². The molecule has 4 rings (SSSR count). The van der Waals surface area contributed by atoms with Gasteiger partial charge in [-0.15, -0.1) is 0 Å². The first-order valence-electron chi connectivity index (χ1n) is 13.5. The number of unbranched alkanes of at least 4 members (excludes halogenated alkanes) is 2. The summed E-state index contributed by atoms with van der Waals surface area (Å²) < 4.78 is 85.1. The van der Waals surface area contributed by atoms with Crippen LogP contribution >= 0.6 is 0 Å². The lowest BCUT2D eigenvalue weighted by atomic mass is 10.0. The fourth-order valence-corrected chi connectivity index (χ4v) is 6.59. The summed E-state index contributed by atoms with van der Waals surface area (Å²) >= 11 is 0. The zero-order valence-electron chi connectivity index (χ0n) is 23.4. The topological polar surface area (TPSA) is 107 Å². The Labute approximate surface area is 246 Å². The fraction of sp³-hybridized carbons (Fsp3) is 0.250. The van der Waals surface area contributed by atoms with Crippen molar-refractivity contribution >= 4 is 20.2 Å². The fourth-order valence-electron chi connectivity index (χ4n) is 4.67. The van der Waals surface area contributed by atoms with E-state index >= 15 is 0 Å². The number of aryl methyl sites for hydroxylation is 4. The third-order valence-corrected chi connectivity index (χ3v) is 9.00. The van der Waals surface area contributed by atoms with E-state index in [1.165, 1.54) is 18.2 Å². The largest absolute Gasteiger partial charge is 0.485 e. The Morgan fingerprint density at radius 2 is 1.29 bits per heavy atom. The normalized spacial score (nSPS) is 11.8. The van der Waals surface area contributed by atoms with Crippen molar-refractivity contribution in [2.24, 2.45) is 0 Å². The Morgan fingerprint density at radius 3 is 1.90 bits per heavy atom. The lowest BCUT2D eigenvalue weighted by Gasteiger charge is -2.15. The second-order valence-corrected chi connectivity index (χ2v) is 13.1. The van der Waals surface area contributed by atoms with Gasteiger partial charge in [-0.25, -0.2) is 4.39 Å². The Kier molecular flexibility index (Phi) is 10.0. The summed E-state index contributed by atoms with van der Waals surface area (Å²) in [7, 11) is -8.61. The smallest absolute Gasteiger partial charge is 0.339 e. The highest BCUT2D eigenvalue weighted by molar-refractivity contribution is 7.87. The number of hydrogen-bond acceptors (Lipinski definition) is 6. The summed E-state index contributed by atoms with van der Waals surface area (Å²) in [5, 5.41) is 0. The zero-order chi connectivity index (χ0) is 30.3. The van der Waals surface area contributed by atoms with Crippen molar-refractivity contribution in [3.05, 3.63) is 119 Å². The van der Waals surface area contributed by atoms with Gasteiger partial charge >= 0.3 is 10.1 Å². The number of hydrogen-bond donors (Lipinski definition) is 1. The van der Waals surface area contributed by atoms with Gasteiger partial charge in [0.25, 0.3) is 10.1 Å². The molecule has 0 aliphatic carbocycles. The van der Waals surface area contributed by atoms with Crippen molar-refractivity contribution in [1.82, 2.24) is 0 Å². The predicted octanol–water partition coefficient (Wildman–Crippen LogP) is 6.99. The van der Waals surface area contributed by atoms with Crippen molar-refractivity contribution < 1.29 is 34.7 Å². The zero-order valence-corrected chi connectivity index (χ0v) is 25.0. The SMILES string of the molecule is Cc1ccc(S(=O)(=O)O)c(CCCCCc2cc(C)ccc2S(=O)(=O)Oc2ccc(F)cc2OCc2ccccc2)c1. The predicted molar refractivity (Wildman–Crippen MR) is 158 cm³/mol. The molecule has 0 saturated heterocycles. The summed E-state index contributed by atoms with van der Waals surface area (Å²) in [6, 6.07) is 22.4. The van der Waals surface area contributed by atoms with Crippen LogP contribution in [-0.4, -0.2) is 21.4 Å². The summed E-state index contributed by atoms with van der Waals surface area (Å²) in [5.41, 5.74) is 3.73. The first-order chi connectivity index (χ1) is 19.9. The maximum atomic E-state index is 14.0. The van der Waals surface area contributed by atoms with Crippen molar-refractivity contribution in [3.63, 3.8) is 0 Å². The van der Waals surface area contributed by atoms with Gasteiger partial charge in [0.2, 0.25) is 0 Å². The minimum absolute atomic E-state index is 0.0128. The van der Waals surface area contributed by atoms with E-state index in [0.29, 0.717) is 43.2 Å². The molecule has 0 atom stereocenters. The van der Waals surface area contributed by atoms with Gasteiger partial charge in [0.05, 0.1) is 4.90 Å². The molecule has 10 heteroatoms. The van der Waals surface area contributed by atoms with Crippen LogP contribution in [0, 0.1) is 19.7 Å². The summed E-state index contributed by atoms with van der Waals surface area (Å²) in [5.74, 6) is -0.739.